The molecule has 0 amide bonds. The van der Waals surface area contributed by atoms with E-state index in [1.165, 1.54) is 18.4 Å². The zero-order chi connectivity index (χ0) is 19.3. The predicted octanol–water partition coefficient (Wildman–Crippen LogP) is 3.96. The lowest BCUT2D eigenvalue weighted by Gasteiger charge is -2.16. The van der Waals surface area contributed by atoms with Gasteiger partial charge in [0.15, 0.2) is 0 Å². The molecule has 1 aliphatic rings. The Balaban J connectivity index is 1.45. The molecule has 0 radical (unpaired) electrons. The van der Waals surface area contributed by atoms with Gasteiger partial charge in [-0.05, 0) is 68.9 Å². The van der Waals surface area contributed by atoms with Crippen LogP contribution in [0.15, 0.2) is 54.7 Å². The molecule has 4 nitrogen and oxygen atoms in total. The van der Waals surface area contributed by atoms with Crippen molar-refractivity contribution in [2.45, 2.75) is 25.4 Å². The Labute approximate surface area is 167 Å². The smallest absolute Gasteiger partial charge is 0.123 e. The molecule has 2 N–H and O–H groups in total. The van der Waals surface area contributed by atoms with Crippen LogP contribution >= 0.6 is 0 Å². The Morgan fingerprint density at radius 2 is 1.75 bits per heavy atom. The van der Waals surface area contributed by atoms with Crippen LogP contribution in [0.3, 0.4) is 0 Å². The number of likely N-dealkylation sites (tertiary alicyclic amines) is 1. The van der Waals surface area contributed by atoms with Crippen LogP contribution in [0.25, 0.3) is 11.3 Å². The lowest BCUT2D eigenvalue weighted by atomic mass is 10.1. The highest BCUT2D eigenvalue weighted by atomic mass is 15.2. The molecule has 4 rings (SSSR count). The van der Waals surface area contributed by atoms with E-state index >= 15 is 0 Å². The largest absolute Gasteiger partial charge is 0.341 e. The maximum atomic E-state index is 4.61. The molecular formula is C24H26N4. The number of H-pyrrole nitrogens is 1. The van der Waals surface area contributed by atoms with Gasteiger partial charge >= 0.3 is 0 Å². The second kappa shape index (κ2) is 8.43. The third-order valence-corrected chi connectivity index (χ3v) is 5.31. The monoisotopic (exact) mass is 370 g/mol. The van der Waals surface area contributed by atoms with E-state index in [1.807, 2.05) is 13.2 Å². The van der Waals surface area contributed by atoms with E-state index in [0.717, 1.165) is 41.3 Å². The number of nitrogens with zero attached hydrogens (tertiary/aromatic N) is 2. The van der Waals surface area contributed by atoms with Crippen molar-refractivity contribution >= 4 is 0 Å². The standard InChI is InChI=1S/C24H26N4/c1-25-16-20-9-7-18(8-10-20)5-6-19-11-13-21(14-12-19)22-17-26-24(27-22)23-4-3-15-28(23)2/h7-14,17,23,25H,3-4,15-16H2,1-2H3,(H,26,27). The van der Waals surface area contributed by atoms with Crippen molar-refractivity contribution in [1.82, 2.24) is 20.2 Å². The van der Waals surface area contributed by atoms with E-state index in [2.05, 4.69) is 87.6 Å². The molecule has 1 unspecified atom stereocenters. The molecule has 1 aromatic heterocycles. The fourth-order valence-corrected chi connectivity index (χ4v) is 3.70. The van der Waals surface area contributed by atoms with Gasteiger partial charge in [0, 0.05) is 17.7 Å². The van der Waals surface area contributed by atoms with Crippen LogP contribution in [-0.4, -0.2) is 35.5 Å². The maximum Gasteiger partial charge on any atom is 0.123 e. The molecule has 3 aromatic rings. The van der Waals surface area contributed by atoms with Crippen molar-refractivity contribution in [2.75, 3.05) is 20.6 Å². The van der Waals surface area contributed by atoms with Gasteiger partial charge in [0.1, 0.15) is 5.82 Å². The molecule has 0 spiro atoms. The van der Waals surface area contributed by atoms with Gasteiger partial charge < -0.3 is 10.3 Å². The number of imidazole rings is 1. The van der Waals surface area contributed by atoms with Gasteiger partial charge in [-0.2, -0.15) is 0 Å². The molecule has 2 aromatic carbocycles. The Morgan fingerprint density at radius 1 is 1.07 bits per heavy atom. The number of hydrogen-bond donors (Lipinski definition) is 2. The Kier molecular flexibility index (Phi) is 5.57. The van der Waals surface area contributed by atoms with Gasteiger partial charge in [-0.25, -0.2) is 4.98 Å². The summed E-state index contributed by atoms with van der Waals surface area (Å²) >= 11 is 0. The molecule has 28 heavy (non-hydrogen) atoms. The minimum absolute atomic E-state index is 0.415. The van der Waals surface area contributed by atoms with E-state index in [-0.39, 0.29) is 0 Å². The minimum atomic E-state index is 0.415. The summed E-state index contributed by atoms with van der Waals surface area (Å²) in [6.45, 7) is 2.02. The predicted molar refractivity (Wildman–Crippen MR) is 114 cm³/mol. The molecule has 1 saturated heterocycles. The van der Waals surface area contributed by atoms with Crippen LogP contribution in [0.5, 0.6) is 0 Å². The van der Waals surface area contributed by atoms with Crippen LogP contribution in [0.2, 0.25) is 0 Å². The first-order valence-electron chi connectivity index (χ1n) is 9.84. The Morgan fingerprint density at radius 3 is 2.36 bits per heavy atom. The molecule has 0 aliphatic carbocycles. The Bertz CT molecular complexity index is 974. The first-order valence-corrected chi connectivity index (χ1v) is 9.84. The third-order valence-electron chi connectivity index (χ3n) is 5.31. The molecule has 1 fully saturated rings. The summed E-state index contributed by atoms with van der Waals surface area (Å²) in [6, 6.07) is 17.1. The van der Waals surface area contributed by atoms with Crippen LogP contribution in [0.1, 0.15) is 41.4 Å². The molecule has 142 valence electrons. The zero-order valence-corrected chi connectivity index (χ0v) is 16.5. The second-order valence-electron chi connectivity index (χ2n) is 7.38. The second-order valence-corrected chi connectivity index (χ2v) is 7.38. The quantitative estimate of drug-likeness (QED) is 0.683. The topological polar surface area (TPSA) is 44.0 Å². The van der Waals surface area contributed by atoms with Gasteiger partial charge in [0.2, 0.25) is 0 Å². The van der Waals surface area contributed by atoms with E-state index in [4.69, 9.17) is 0 Å². The summed E-state index contributed by atoms with van der Waals surface area (Å²) in [5.41, 5.74) is 5.51. The van der Waals surface area contributed by atoms with E-state index in [9.17, 15) is 0 Å². The summed E-state index contributed by atoms with van der Waals surface area (Å²) in [7, 11) is 4.12. The van der Waals surface area contributed by atoms with Gasteiger partial charge in [-0.1, -0.05) is 36.1 Å². The van der Waals surface area contributed by atoms with Crippen LogP contribution in [0.4, 0.5) is 0 Å². The number of rotatable bonds is 4. The zero-order valence-electron chi connectivity index (χ0n) is 16.5. The fourth-order valence-electron chi connectivity index (χ4n) is 3.70. The summed E-state index contributed by atoms with van der Waals surface area (Å²) in [5, 5.41) is 3.15. The van der Waals surface area contributed by atoms with Crippen molar-refractivity contribution in [3.05, 3.63) is 77.2 Å². The highest BCUT2D eigenvalue weighted by Crippen LogP contribution is 2.29. The molecule has 1 aliphatic heterocycles. The molecule has 2 heterocycles. The van der Waals surface area contributed by atoms with Crippen molar-refractivity contribution < 1.29 is 0 Å². The maximum absolute atomic E-state index is 4.61. The van der Waals surface area contributed by atoms with Gasteiger partial charge in [-0.3, -0.25) is 4.90 Å². The average Bonchev–Trinajstić information content (AvgIpc) is 3.37. The molecule has 1 atom stereocenters. The summed E-state index contributed by atoms with van der Waals surface area (Å²) in [6.07, 6.45) is 4.35. The highest BCUT2D eigenvalue weighted by molar-refractivity contribution is 5.60. The highest BCUT2D eigenvalue weighted by Gasteiger charge is 2.25. The van der Waals surface area contributed by atoms with Crippen molar-refractivity contribution in [3.63, 3.8) is 0 Å². The number of benzene rings is 2. The van der Waals surface area contributed by atoms with Gasteiger partial charge in [0.25, 0.3) is 0 Å². The van der Waals surface area contributed by atoms with Crippen molar-refractivity contribution in [1.29, 1.82) is 0 Å². The normalized spacial score (nSPS) is 16.7. The summed E-state index contributed by atoms with van der Waals surface area (Å²) in [5.74, 6) is 7.56. The first-order chi connectivity index (χ1) is 13.7. The van der Waals surface area contributed by atoms with Crippen LogP contribution in [0, 0.1) is 11.8 Å². The lowest BCUT2D eigenvalue weighted by Crippen LogP contribution is -2.18. The van der Waals surface area contributed by atoms with E-state index in [0.29, 0.717) is 6.04 Å². The first kappa shape index (κ1) is 18.5. The molecule has 0 saturated carbocycles. The fraction of sp³-hybridized carbons (Fsp3) is 0.292. The third kappa shape index (κ3) is 4.17. The molecular weight excluding hydrogens is 344 g/mol. The SMILES string of the molecule is CNCc1ccc(C#Cc2ccc(-c3cnc(C4CCCN4C)[nH]3)cc2)cc1. The minimum Gasteiger partial charge on any atom is -0.341 e. The van der Waals surface area contributed by atoms with Crippen molar-refractivity contribution in [2.24, 2.45) is 0 Å². The number of aromatic amines is 1. The number of aromatic nitrogens is 2. The average molecular weight is 371 g/mol. The van der Waals surface area contributed by atoms with Crippen LogP contribution < -0.4 is 5.32 Å². The van der Waals surface area contributed by atoms with Gasteiger partial charge in [0.05, 0.1) is 17.9 Å². The Hall–Kier alpha value is -2.87. The van der Waals surface area contributed by atoms with Gasteiger partial charge in [-0.15, -0.1) is 0 Å². The van der Waals surface area contributed by atoms with Crippen LogP contribution in [-0.2, 0) is 6.54 Å². The number of hydrogen-bond acceptors (Lipinski definition) is 3. The molecule has 0 bridgehead atoms. The molecule has 4 heteroatoms. The van der Waals surface area contributed by atoms with E-state index in [1.54, 1.807) is 0 Å². The van der Waals surface area contributed by atoms with Crippen molar-refractivity contribution in [3.8, 4) is 23.1 Å². The summed E-state index contributed by atoms with van der Waals surface area (Å²) < 4.78 is 0. The van der Waals surface area contributed by atoms with E-state index < -0.39 is 0 Å². The summed E-state index contributed by atoms with van der Waals surface area (Å²) in [4.78, 5) is 10.5. The lowest BCUT2D eigenvalue weighted by molar-refractivity contribution is 0.307. The number of nitrogens with one attached hydrogen (secondary N) is 2.